The van der Waals surface area contributed by atoms with E-state index in [2.05, 4.69) is 19.9 Å². The third-order valence-corrected chi connectivity index (χ3v) is 5.01. The molecule has 0 saturated carbocycles. The molecule has 1 aromatic carbocycles. The zero-order valence-electron chi connectivity index (χ0n) is 15.6. The number of methoxy groups -OCH3 is 1. The number of benzene rings is 1. The summed E-state index contributed by atoms with van der Waals surface area (Å²) in [6, 6.07) is 7.00. The molecule has 0 aliphatic rings. The van der Waals surface area contributed by atoms with Crippen molar-refractivity contribution in [3.05, 3.63) is 71.5 Å². The lowest BCUT2D eigenvalue weighted by atomic mass is 10.2. The van der Waals surface area contributed by atoms with Crippen molar-refractivity contribution < 1.29 is 13.5 Å². The van der Waals surface area contributed by atoms with Crippen LogP contribution in [0.15, 0.2) is 49.1 Å². The number of fused-ring (bicyclic) bond motifs is 2. The molecule has 0 spiro atoms. The van der Waals surface area contributed by atoms with Crippen molar-refractivity contribution in [3.63, 3.8) is 0 Å². The van der Waals surface area contributed by atoms with E-state index < -0.39 is 11.6 Å². The van der Waals surface area contributed by atoms with Crippen LogP contribution < -0.4 is 4.74 Å². The van der Waals surface area contributed by atoms with Gasteiger partial charge in [0.05, 0.1) is 36.6 Å². The van der Waals surface area contributed by atoms with Crippen LogP contribution in [-0.4, -0.2) is 36.2 Å². The molecule has 0 unspecified atom stereocenters. The fourth-order valence-electron chi connectivity index (χ4n) is 3.44. The number of imidazole rings is 1. The van der Waals surface area contributed by atoms with Gasteiger partial charge in [-0.25, -0.2) is 18.7 Å². The van der Waals surface area contributed by atoms with Crippen LogP contribution in [0.1, 0.15) is 5.56 Å². The maximum atomic E-state index is 13.6. The molecule has 0 N–H and O–H groups in total. The number of hydrogen-bond acceptors (Lipinski definition) is 5. The molecule has 7 nitrogen and oxygen atoms in total. The second-order valence-corrected chi connectivity index (χ2v) is 6.92. The smallest absolute Gasteiger partial charge is 0.241 e. The van der Waals surface area contributed by atoms with Gasteiger partial charge in [0, 0.05) is 12.3 Å². The molecule has 0 fully saturated rings. The Morgan fingerprint density at radius 3 is 2.63 bits per heavy atom. The van der Waals surface area contributed by atoms with Crippen LogP contribution in [0.4, 0.5) is 8.78 Å². The molecule has 4 heterocycles. The fraction of sp³-hybridized carbons (Fsp3) is 0.100. The fourth-order valence-corrected chi connectivity index (χ4v) is 3.67. The molecule has 150 valence electrons. The third-order valence-electron chi connectivity index (χ3n) is 4.72. The van der Waals surface area contributed by atoms with Crippen molar-refractivity contribution >= 4 is 33.8 Å². The quantitative estimate of drug-likeness (QED) is 0.431. The lowest BCUT2D eigenvalue weighted by Gasteiger charge is -2.10. The Labute approximate surface area is 173 Å². The largest absolute Gasteiger partial charge is 0.479 e. The van der Waals surface area contributed by atoms with Gasteiger partial charge in [0.1, 0.15) is 23.5 Å². The van der Waals surface area contributed by atoms with Gasteiger partial charge in [0.2, 0.25) is 11.2 Å². The number of pyridine rings is 1. The predicted molar refractivity (Wildman–Crippen MR) is 107 cm³/mol. The first-order valence-corrected chi connectivity index (χ1v) is 9.24. The Morgan fingerprint density at radius 2 is 1.87 bits per heavy atom. The van der Waals surface area contributed by atoms with Gasteiger partial charge in [0.25, 0.3) is 0 Å². The van der Waals surface area contributed by atoms with Crippen LogP contribution >= 0.6 is 11.6 Å². The van der Waals surface area contributed by atoms with Crippen LogP contribution in [0.3, 0.4) is 0 Å². The monoisotopic (exact) mass is 426 g/mol. The van der Waals surface area contributed by atoms with Crippen LogP contribution in [0.5, 0.6) is 5.88 Å². The summed E-state index contributed by atoms with van der Waals surface area (Å²) in [7, 11) is 1.54. The van der Waals surface area contributed by atoms with Gasteiger partial charge in [-0.2, -0.15) is 9.97 Å². The van der Waals surface area contributed by atoms with E-state index in [4.69, 9.17) is 16.3 Å². The van der Waals surface area contributed by atoms with E-state index in [1.165, 1.54) is 25.6 Å². The van der Waals surface area contributed by atoms with Gasteiger partial charge in [0.15, 0.2) is 5.65 Å². The SMILES string of the molecule is COc1ncnc2ccn(-c3cnc4nc(Cl)n(Cc5cc(F)cc(F)c5)c4c3)c12. The predicted octanol–water partition coefficient (Wildman–Crippen LogP) is 4.15. The second kappa shape index (κ2) is 7.03. The minimum absolute atomic E-state index is 0.133. The average molecular weight is 427 g/mol. The standard InChI is InChI=1S/C20H13ClF2N6O/c1-30-19-17-15(25-10-26-19)2-3-28(17)14-7-16-18(24-8-14)27-20(21)29(16)9-11-4-12(22)6-13(23)5-11/h2-8,10H,9H2,1H3. The molecule has 0 bridgehead atoms. The number of halogens is 3. The van der Waals surface area contributed by atoms with Gasteiger partial charge < -0.3 is 13.9 Å². The van der Waals surface area contributed by atoms with Crippen molar-refractivity contribution in [1.82, 2.24) is 29.1 Å². The Hall–Kier alpha value is -3.59. The molecule has 5 rings (SSSR count). The molecule has 30 heavy (non-hydrogen) atoms. The van der Waals surface area contributed by atoms with Gasteiger partial charge in [-0.1, -0.05) is 0 Å². The number of aromatic nitrogens is 6. The highest BCUT2D eigenvalue weighted by molar-refractivity contribution is 6.29. The Kier molecular flexibility index (Phi) is 4.32. The lowest BCUT2D eigenvalue weighted by molar-refractivity contribution is 0.401. The minimum Gasteiger partial charge on any atom is -0.479 e. The summed E-state index contributed by atoms with van der Waals surface area (Å²) >= 11 is 6.29. The molecule has 4 aromatic heterocycles. The Morgan fingerprint density at radius 1 is 1.07 bits per heavy atom. The van der Waals surface area contributed by atoms with Gasteiger partial charge in [-0.15, -0.1) is 0 Å². The molecule has 0 amide bonds. The minimum atomic E-state index is -0.657. The molecule has 0 aliphatic carbocycles. The first-order chi connectivity index (χ1) is 14.5. The van der Waals surface area contributed by atoms with Crippen LogP contribution in [0, 0.1) is 11.6 Å². The highest BCUT2D eigenvalue weighted by Gasteiger charge is 2.16. The molecule has 0 radical (unpaired) electrons. The van der Waals surface area contributed by atoms with Crippen molar-refractivity contribution in [2.24, 2.45) is 0 Å². The van der Waals surface area contributed by atoms with Crippen LogP contribution in [0.2, 0.25) is 5.28 Å². The lowest BCUT2D eigenvalue weighted by Crippen LogP contribution is -2.02. The van der Waals surface area contributed by atoms with E-state index in [9.17, 15) is 8.78 Å². The Bertz CT molecular complexity index is 1390. The molecule has 0 aliphatic heterocycles. The maximum absolute atomic E-state index is 13.6. The van der Waals surface area contributed by atoms with Crippen molar-refractivity contribution in [2.45, 2.75) is 6.54 Å². The highest BCUT2D eigenvalue weighted by Crippen LogP contribution is 2.28. The summed E-state index contributed by atoms with van der Waals surface area (Å²) in [4.78, 5) is 17.0. The number of rotatable bonds is 4. The van der Waals surface area contributed by atoms with Gasteiger partial charge in [-0.3, -0.25) is 0 Å². The third kappa shape index (κ3) is 3.03. The van der Waals surface area contributed by atoms with E-state index in [0.29, 0.717) is 39.3 Å². The van der Waals surface area contributed by atoms with E-state index in [0.717, 1.165) is 6.07 Å². The van der Waals surface area contributed by atoms with Crippen molar-refractivity contribution in [3.8, 4) is 11.6 Å². The van der Waals surface area contributed by atoms with Gasteiger partial charge >= 0.3 is 0 Å². The summed E-state index contributed by atoms with van der Waals surface area (Å²) in [5.41, 5.74) is 3.55. The van der Waals surface area contributed by atoms with E-state index in [1.54, 1.807) is 10.8 Å². The van der Waals surface area contributed by atoms with E-state index in [-0.39, 0.29) is 11.8 Å². The zero-order chi connectivity index (χ0) is 20.8. The van der Waals surface area contributed by atoms with Crippen molar-refractivity contribution in [1.29, 1.82) is 0 Å². The number of hydrogen-bond donors (Lipinski definition) is 0. The molecular weight excluding hydrogens is 414 g/mol. The maximum Gasteiger partial charge on any atom is 0.241 e. The van der Waals surface area contributed by atoms with Crippen molar-refractivity contribution in [2.75, 3.05) is 7.11 Å². The first kappa shape index (κ1) is 18.4. The summed E-state index contributed by atoms with van der Waals surface area (Å²) < 4.78 is 36.1. The Balaban J connectivity index is 1.66. The summed E-state index contributed by atoms with van der Waals surface area (Å²) in [6.07, 6.45) is 4.90. The second-order valence-electron chi connectivity index (χ2n) is 6.58. The average Bonchev–Trinajstić information content (AvgIpc) is 3.28. The summed E-state index contributed by atoms with van der Waals surface area (Å²) in [6.45, 7) is 0.133. The van der Waals surface area contributed by atoms with Crippen LogP contribution in [0.25, 0.3) is 27.9 Å². The normalized spacial score (nSPS) is 11.5. The first-order valence-electron chi connectivity index (χ1n) is 8.86. The molecule has 10 heteroatoms. The number of nitrogens with zero attached hydrogens (tertiary/aromatic N) is 6. The van der Waals surface area contributed by atoms with Gasteiger partial charge in [-0.05, 0) is 41.4 Å². The summed E-state index contributed by atoms with van der Waals surface area (Å²) in [5, 5.41) is 0.164. The molecular formula is C20H13ClF2N6O. The highest BCUT2D eigenvalue weighted by atomic mass is 35.5. The zero-order valence-corrected chi connectivity index (χ0v) is 16.3. The van der Waals surface area contributed by atoms with E-state index >= 15 is 0 Å². The molecule has 0 saturated heterocycles. The topological polar surface area (TPSA) is 70.7 Å². The number of ether oxygens (including phenoxy) is 1. The molecule has 5 aromatic rings. The van der Waals surface area contributed by atoms with Crippen LogP contribution in [-0.2, 0) is 6.54 Å². The molecule has 0 atom stereocenters. The summed E-state index contributed by atoms with van der Waals surface area (Å²) in [5.74, 6) is -0.891. The van der Waals surface area contributed by atoms with E-state index in [1.807, 2.05) is 22.9 Å².